The van der Waals surface area contributed by atoms with Gasteiger partial charge >= 0.3 is 0 Å². The van der Waals surface area contributed by atoms with Gasteiger partial charge in [-0.1, -0.05) is 41.9 Å². The van der Waals surface area contributed by atoms with Crippen molar-refractivity contribution < 1.29 is 4.52 Å². The van der Waals surface area contributed by atoms with Gasteiger partial charge in [0.2, 0.25) is 0 Å². The second-order valence-corrected chi connectivity index (χ2v) is 7.99. The first-order chi connectivity index (χ1) is 13.8. The molecule has 2 aliphatic carbocycles. The smallest absolute Gasteiger partial charge is 0.257 e. The number of benzene rings is 2. The minimum Gasteiger partial charge on any atom is -0.334 e. The molecule has 0 radical (unpaired) electrons. The van der Waals surface area contributed by atoms with Crippen molar-refractivity contribution in [3.8, 4) is 17.5 Å². The average Bonchev–Trinajstić information content (AvgIpc) is 3.33. The summed E-state index contributed by atoms with van der Waals surface area (Å²) in [5, 5.41) is 17.0. The van der Waals surface area contributed by atoms with Gasteiger partial charge in [-0.3, -0.25) is 0 Å². The van der Waals surface area contributed by atoms with Gasteiger partial charge < -0.3 is 9.84 Å². The van der Waals surface area contributed by atoms with Crippen LogP contribution in [0.4, 0.5) is 0 Å². The van der Waals surface area contributed by atoms with Crippen molar-refractivity contribution in [3.05, 3.63) is 71.5 Å². The number of nitriles is 1. The molecule has 5 rings (SSSR count). The molecule has 2 aromatic carbocycles. The third-order valence-electron chi connectivity index (χ3n) is 6.19. The van der Waals surface area contributed by atoms with Gasteiger partial charge in [-0.25, -0.2) is 0 Å². The summed E-state index contributed by atoms with van der Waals surface area (Å²) in [4.78, 5) is 4.71. The summed E-state index contributed by atoms with van der Waals surface area (Å²) in [6, 6.07) is 20.7. The quantitative estimate of drug-likeness (QED) is 0.705. The fourth-order valence-electron chi connectivity index (χ4n) is 4.14. The fourth-order valence-corrected chi connectivity index (χ4v) is 4.14. The van der Waals surface area contributed by atoms with Crippen LogP contribution >= 0.6 is 0 Å². The summed E-state index contributed by atoms with van der Waals surface area (Å²) in [6.07, 6.45) is 4.59. The van der Waals surface area contributed by atoms with Gasteiger partial charge in [0.15, 0.2) is 5.82 Å². The molecule has 0 amide bonds. The number of rotatable bonds is 6. The highest BCUT2D eigenvalue weighted by molar-refractivity contribution is 5.54. The molecule has 1 N–H and O–H groups in total. The minimum absolute atomic E-state index is 0.0157. The number of aromatic nitrogens is 2. The molecular weight excluding hydrogens is 348 g/mol. The lowest BCUT2D eigenvalue weighted by Crippen LogP contribution is -2.45. The van der Waals surface area contributed by atoms with Crippen LogP contribution < -0.4 is 5.32 Å². The fraction of sp³-hybridized carbons (Fsp3) is 0.348. The van der Waals surface area contributed by atoms with E-state index in [2.05, 4.69) is 46.9 Å². The Labute approximate surface area is 164 Å². The summed E-state index contributed by atoms with van der Waals surface area (Å²) >= 11 is 0. The van der Waals surface area contributed by atoms with E-state index in [9.17, 15) is 0 Å². The van der Waals surface area contributed by atoms with Gasteiger partial charge in [-0.2, -0.15) is 10.2 Å². The predicted octanol–water partition coefficient (Wildman–Crippen LogP) is 4.18. The maximum Gasteiger partial charge on any atom is 0.257 e. The van der Waals surface area contributed by atoms with Crippen LogP contribution in [0, 0.1) is 11.3 Å². The highest BCUT2D eigenvalue weighted by atomic mass is 16.5. The first-order valence-corrected chi connectivity index (χ1v) is 9.90. The molecule has 28 heavy (non-hydrogen) atoms. The van der Waals surface area contributed by atoms with Crippen LogP contribution in [0.25, 0.3) is 11.5 Å². The topological polar surface area (TPSA) is 74.7 Å². The third kappa shape index (κ3) is 3.10. The molecule has 3 aromatic rings. The van der Waals surface area contributed by atoms with E-state index < -0.39 is 0 Å². The zero-order valence-corrected chi connectivity index (χ0v) is 15.6. The molecule has 0 bridgehead atoms. The van der Waals surface area contributed by atoms with Gasteiger partial charge in [-0.05, 0) is 49.1 Å². The summed E-state index contributed by atoms with van der Waals surface area (Å²) in [7, 11) is 0. The first-order valence-electron chi connectivity index (χ1n) is 9.90. The zero-order valence-electron chi connectivity index (χ0n) is 15.6. The third-order valence-corrected chi connectivity index (χ3v) is 6.19. The van der Waals surface area contributed by atoms with E-state index in [0.29, 0.717) is 23.4 Å². The first kappa shape index (κ1) is 17.2. The van der Waals surface area contributed by atoms with E-state index in [0.717, 1.165) is 30.8 Å². The molecule has 1 aromatic heterocycles. The Bertz CT molecular complexity index is 999. The van der Waals surface area contributed by atoms with Crippen molar-refractivity contribution in [2.75, 3.05) is 6.54 Å². The van der Waals surface area contributed by atoms with Crippen molar-refractivity contribution in [2.24, 2.45) is 0 Å². The van der Waals surface area contributed by atoms with Crippen molar-refractivity contribution >= 4 is 0 Å². The Morgan fingerprint density at radius 3 is 2.57 bits per heavy atom. The largest absolute Gasteiger partial charge is 0.334 e. The van der Waals surface area contributed by atoms with E-state index in [1.54, 1.807) is 12.1 Å². The van der Waals surface area contributed by atoms with Crippen LogP contribution in [0.15, 0.2) is 59.1 Å². The second-order valence-electron chi connectivity index (χ2n) is 7.99. The van der Waals surface area contributed by atoms with Crippen LogP contribution in [0.2, 0.25) is 0 Å². The van der Waals surface area contributed by atoms with E-state index in [-0.39, 0.29) is 5.41 Å². The van der Waals surface area contributed by atoms with Gasteiger partial charge in [0.1, 0.15) is 0 Å². The monoisotopic (exact) mass is 370 g/mol. The van der Waals surface area contributed by atoms with E-state index in [1.165, 1.54) is 18.4 Å². The van der Waals surface area contributed by atoms with Crippen LogP contribution in [-0.2, 0) is 5.41 Å². The van der Waals surface area contributed by atoms with Gasteiger partial charge in [0, 0.05) is 29.5 Å². The molecule has 2 atom stereocenters. The molecule has 5 nitrogen and oxygen atoms in total. The Balaban J connectivity index is 1.27. The SMILES string of the molecule is N#Cc1ccc(-c2nc(C3(CN[C@H]4CC4c4ccccc4)CCC3)no2)cc1. The lowest BCUT2D eigenvalue weighted by Gasteiger charge is -2.39. The maximum atomic E-state index is 8.94. The summed E-state index contributed by atoms with van der Waals surface area (Å²) < 4.78 is 5.55. The second kappa shape index (κ2) is 6.88. The molecule has 1 unspecified atom stereocenters. The lowest BCUT2D eigenvalue weighted by molar-refractivity contribution is 0.211. The summed E-state index contributed by atoms with van der Waals surface area (Å²) in [5.41, 5.74) is 2.88. The van der Waals surface area contributed by atoms with Crippen molar-refractivity contribution in [1.29, 1.82) is 5.26 Å². The van der Waals surface area contributed by atoms with Gasteiger partial charge in [0.25, 0.3) is 5.89 Å². The summed E-state index contributed by atoms with van der Waals surface area (Å²) in [5.74, 6) is 1.96. The molecule has 0 spiro atoms. The van der Waals surface area contributed by atoms with Crippen LogP contribution in [0.3, 0.4) is 0 Å². The normalized spacial score (nSPS) is 22.2. The molecule has 2 aliphatic rings. The van der Waals surface area contributed by atoms with Crippen LogP contribution in [-0.4, -0.2) is 22.7 Å². The van der Waals surface area contributed by atoms with Crippen LogP contribution in [0.1, 0.15) is 48.6 Å². The minimum atomic E-state index is -0.0157. The Kier molecular flexibility index (Phi) is 4.22. The molecular formula is C23H22N4O. The van der Waals surface area contributed by atoms with E-state index in [1.807, 2.05) is 12.1 Å². The molecule has 2 fully saturated rings. The highest BCUT2D eigenvalue weighted by Gasteiger charge is 2.46. The van der Waals surface area contributed by atoms with Gasteiger partial charge in [-0.15, -0.1) is 0 Å². The zero-order chi connectivity index (χ0) is 19.0. The molecule has 1 heterocycles. The van der Waals surface area contributed by atoms with Crippen LogP contribution in [0.5, 0.6) is 0 Å². The molecule has 0 aliphatic heterocycles. The predicted molar refractivity (Wildman–Crippen MR) is 106 cm³/mol. The molecule has 0 saturated heterocycles. The number of hydrogen-bond donors (Lipinski definition) is 1. The Hall–Kier alpha value is -2.97. The molecule has 5 heteroatoms. The average molecular weight is 370 g/mol. The van der Waals surface area contributed by atoms with Crippen molar-refractivity contribution in [1.82, 2.24) is 15.5 Å². The Morgan fingerprint density at radius 2 is 1.89 bits per heavy atom. The lowest BCUT2D eigenvalue weighted by atomic mass is 9.68. The molecule has 2 saturated carbocycles. The number of nitrogens with one attached hydrogen (secondary N) is 1. The maximum absolute atomic E-state index is 8.94. The van der Waals surface area contributed by atoms with E-state index >= 15 is 0 Å². The summed E-state index contributed by atoms with van der Waals surface area (Å²) in [6.45, 7) is 0.896. The number of hydrogen-bond acceptors (Lipinski definition) is 5. The highest BCUT2D eigenvalue weighted by Crippen LogP contribution is 2.45. The van der Waals surface area contributed by atoms with E-state index in [4.69, 9.17) is 14.8 Å². The molecule has 140 valence electrons. The van der Waals surface area contributed by atoms with Gasteiger partial charge in [0.05, 0.1) is 11.6 Å². The van der Waals surface area contributed by atoms with Crippen molar-refractivity contribution in [3.63, 3.8) is 0 Å². The number of nitrogens with zero attached hydrogens (tertiary/aromatic N) is 3. The van der Waals surface area contributed by atoms with Crippen molar-refractivity contribution in [2.45, 2.75) is 43.1 Å². The Morgan fingerprint density at radius 1 is 1.11 bits per heavy atom. The standard InChI is InChI=1S/C23H22N4O/c24-14-16-7-9-18(10-8-16)21-26-22(27-28-21)23(11-4-12-23)15-25-20-13-19(20)17-5-2-1-3-6-17/h1-3,5-10,19-20,25H,4,11-13,15H2/t19?,20-/m0/s1.